The molecule has 3 aromatic heterocycles. The summed E-state index contributed by atoms with van der Waals surface area (Å²) in [6.07, 6.45) is 2.95. The Balaban J connectivity index is 1.14. The van der Waals surface area contributed by atoms with Gasteiger partial charge in [-0.15, -0.1) is 0 Å². The van der Waals surface area contributed by atoms with E-state index in [0.717, 1.165) is 39.8 Å². The van der Waals surface area contributed by atoms with Crippen LogP contribution in [0.1, 0.15) is 29.7 Å². The van der Waals surface area contributed by atoms with E-state index in [4.69, 9.17) is 32.9 Å². The van der Waals surface area contributed by atoms with E-state index in [1.807, 2.05) is 72.5 Å². The first-order chi connectivity index (χ1) is 24.6. The summed E-state index contributed by atoms with van der Waals surface area (Å²) in [5.74, 6) is -0.648. The summed E-state index contributed by atoms with van der Waals surface area (Å²) in [4.78, 5) is 47.5. The van der Waals surface area contributed by atoms with E-state index in [1.54, 1.807) is 17.7 Å². The number of carboxylic acids is 1. The van der Waals surface area contributed by atoms with E-state index >= 15 is 0 Å². The first-order valence-corrected chi connectivity index (χ1v) is 17.5. The van der Waals surface area contributed by atoms with Crippen molar-refractivity contribution in [3.8, 4) is 39.4 Å². The van der Waals surface area contributed by atoms with Crippen molar-refractivity contribution in [2.45, 2.75) is 38.9 Å². The number of pyridine rings is 2. The number of aromatic nitrogens is 3. The summed E-state index contributed by atoms with van der Waals surface area (Å²) in [7, 11) is 1.58. The molecule has 0 saturated carbocycles. The maximum atomic E-state index is 13.5. The molecule has 1 unspecified atom stereocenters. The SMILES string of the molecule is COc1nc(-c2cccc(-c3cccc(-c4cc(C)n5c(=O)c(CN6CC(C(=O)O)C6)cnc5c4)c3Cl)c2Cl)ccc1CNCC1CCC(=O)N1. The van der Waals surface area contributed by atoms with Crippen LogP contribution < -0.4 is 20.9 Å². The first kappa shape index (κ1) is 34.6. The lowest BCUT2D eigenvalue weighted by Crippen LogP contribution is -2.50. The number of nitrogens with one attached hydrogen (secondary N) is 2. The van der Waals surface area contributed by atoms with E-state index in [2.05, 4.69) is 15.6 Å². The van der Waals surface area contributed by atoms with Gasteiger partial charge in [-0.1, -0.05) is 65.7 Å². The third-order valence-electron chi connectivity index (χ3n) is 9.56. The lowest BCUT2D eigenvalue weighted by molar-refractivity contribution is -0.147. The standard InChI is InChI=1S/C38H36Cl2N6O5/c1-21-13-23(14-32-42-16-24(37(48)46(21)32)18-45-19-25(20-45)38(49)50)27-5-3-6-28(34(27)39)29-7-4-8-30(35(29)40)31-11-9-22(36(44-31)51-2)15-41-17-26-10-12-33(47)43-26/h3-9,11,13-14,16,25-26,41H,10,12,15,17-20H2,1-2H3,(H,43,47)(H,49,50). The van der Waals surface area contributed by atoms with Gasteiger partial charge in [-0.25, -0.2) is 9.97 Å². The minimum absolute atomic E-state index is 0.0878. The second-order valence-electron chi connectivity index (χ2n) is 13.0. The zero-order valence-corrected chi connectivity index (χ0v) is 29.6. The number of methoxy groups -OCH3 is 1. The number of aryl methyl sites for hydroxylation is 1. The number of nitrogens with zero attached hydrogens (tertiary/aromatic N) is 4. The van der Waals surface area contributed by atoms with Gasteiger partial charge in [-0.05, 0) is 37.1 Å². The molecule has 0 radical (unpaired) electrons. The maximum Gasteiger partial charge on any atom is 0.309 e. The van der Waals surface area contributed by atoms with Gasteiger partial charge >= 0.3 is 5.97 Å². The lowest BCUT2D eigenvalue weighted by Gasteiger charge is -2.36. The number of amides is 1. The molecule has 2 aliphatic heterocycles. The predicted molar refractivity (Wildman–Crippen MR) is 196 cm³/mol. The topological polar surface area (TPSA) is 138 Å². The van der Waals surface area contributed by atoms with Gasteiger partial charge in [0.25, 0.3) is 5.56 Å². The maximum absolute atomic E-state index is 13.5. The smallest absolute Gasteiger partial charge is 0.309 e. The van der Waals surface area contributed by atoms with Crippen molar-refractivity contribution in [2.24, 2.45) is 5.92 Å². The Hall–Kier alpha value is -4.81. The van der Waals surface area contributed by atoms with Crippen molar-refractivity contribution < 1.29 is 19.4 Å². The summed E-state index contributed by atoms with van der Waals surface area (Å²) in [6.45, 7) is 4.22. The molecule has 11 nitrogen and oxygen atoms in total. The summed E-state index contributed by atoms with van der Waals surface area (Å²) in [6, 6.07) is 19.2. The zero-order valence-electron chi connectivity index (χ0n) is 28.1. The van der Waals surface area contributed by atoms with Gasteiger partial charge in [0.2, 0.25) is 11.8 Å². The van der Waals surface area contributed by atoms with Crippen molar-refractivity contribution >= 4 is 40.7 Å². The van der Waals surface area contributed by atoms with Crippen molar-refractivity contribution in [3.63, 3.8) is 0 Å². The van der Waals surface area contributed by atoms with Crippen molar-refractivity contribution in [2.75, 3.05) is 26.7 Å². The Bertz CT molecular complexity index is 2240. The average molecular weight is 728 g/mol. The first-order valence-electron chi connectivity index (χ1n) is 16.7. The van der Waals surface area contributed by atoms with Gasteiger partial charge in [-0.2, -0.15) is 0 Å². The number of likely N-dealkylation sites (tertiary alicyclic amines) is 1. The molecule has 51 heavy (non-hydrogen) atoms. The molecule has 3 N–H and O–H groups in total. The number of carboxylic acid groups (broad SMARTS) is 1. The van der Waals surface area contributed by atoms with Gasteiger partial charge in [0.05, 0.1) is 34.3 Å². The second-order valence-corrected chi connectivity index (χ2v) is 13.8. The molecule has 0 spiro atoms. The van der Waals surface area contributed by atoms with Crippen LogP contribution in [0.25, 0.3) is 39.2 Å². The Morgan fingerprint density at radius 1 is 1.00 bits per heavy atom. The molecular formula is C38H36Cl2N6O5. The van der Waals surface area contributed by atoms with Gasteiger partial charge in [-0.3, -0.25) is 23.7 Å². The van der Waals surface area contributed by atoms with Gasteiger partial charge in [0, 0.05) is 84.9 Å². The molecule has 2 aromatic carbocycles. The molecule has 1 amide bonds. The minimum Gasteiger partial charge on any atom is -0.481 e. The van der Waals surface area contributed by atoms with Crippen molar-refractivity contribution in [1.29, 1.82) is 0 Å². The van der Waals surface area contributed by atoms with Crippen LogP contribution in [-0.2, 0) is 22.7 Å². The lowest BCUT2D eigenvalue weighted by atomic mass is 9.96. The third kappa shape index (κ3) is 6.94. The molecule has 7 rings (SSSR count). The van der Waals surface area contributed by atoms with E-state index < -0.39 is 11.9 Å². The third-order valence-corrected chi connectivity index (χ3v) is 10.4. The molecule has 2 aliphatic rings. The monoisotopic (exact) mass is 726 g/mol. The second kappa shape index (κ2) is 14.4. The summed E-state index contributed by atoms with van der Waals surface area (Å²) in [5, 5.41) is 16.5. The number of carbonyl (C=O) groups is 2. The Morgan fingerprint density at radius 2 is 1.71 bits per heavy atom. The molecule has 5 heterocycles. The van der Waals surface area contributed by atoms with Crippen LogP contribution in [0.3, 0.4) is 0 Å². The molecule has 0 bridgehead atoms. The summed E-state index contributed by atoms with van der Waals surface area (Å²) in [5.41, 5.74) is 6.79. The largest absolute Gasteiger partial charge is 0.481 e. The van der Waals surface area contributed by atoms with E-state index in [1.165, 1.54) is 0 Å². The van der Waals surface area contributed by atoms with Crippen LogP contribution in [0.5, 0.6) is 5.88 Å². The minimum atomic E-state index is -0.818. The normalized spacial score (nSPS) is 16.3. The fourth-order valence-electron chi connectivity index (χ4n) is 6.82. The number of aliphatic carboxylic acids is 1. The van der Waals surface area contributed by atoms with Crippen LogP contribution in [-0.4, -0.2) is 69.0 Å². The average Bonchev–Trinajstić information content (AvgIpc) is 3.51. The van der Waals surface area contributed by atoms with E-state index in [9.17, 15) is 19.5 Å². The van der Waals surface area contributed by atoms with Crippen LogP contribution in [0.2, 0.25) is 10.0 Å². The number of hydrogen-bond donors (Lipinski definition) is 3. The highest BCUT2D eigenvalue weighted by atomic mass is 35.5. The highest BCUT2D eigenvalue weighted by Gasteiger charge is 2.33. The zero-order chi connectivity index (χ0) is 35.8. The van der Waals surface area contributed by atoms with Crippen LogP contribution >= 0.6 is 23.2 Å². The molecular weight excluding hydrogens is 691 g/mol. The highest BCUT2D eigenvalue weighted by Crippen LogP contribution is 2.42. The number of halogens is 2. The van der Waals surface area contributed by atoms with E-state index in [-0.39, 0.29) is 17.5 Å². The van der Waals surface area contributed by atoms with Crippen molar-refractivity contribution in [1.82, 2.24) is 29.9 Å². The molecule has 1 atom stereocenters. The molecule has 0 aliphatic carbocycles. The fourth-order valence-corrected chi connectivity index (χ4v) is 7.48. The van der Waals surface area contributed by atoms with Crippen molar-refractivity contribution in [3.05, 3.63) is 104 Å². The number of fused-ring (bicyclic) bond motifs is 1. The quantitative estimate of drug-likeness (QED) is 0.159. The molecule has 2 saturated heterocycles. The number of ether oxygens (including phenoxy) is 1. The Kier molecular flexibility index (Phi) is 9.80. The van der Waals surface area contributed by atoms with Crippen LogP contribution in [0.4, 0.5) is 0 Å². The molecule has 13 heteroatoms. The van der Waals surface area contributed by atoms with Crippen LogP contribution in [0, 0.1) is 12.8 Å². The number of benzene rings is 2. The summed E-state index contributed by atoms with van der Waals surface area (Å²) < 4.78 is 7.22. The van der Waals surface area contributed by atoms with E-state index in [0.29, 0.717) is 77.7 Å². The predicted octanol–water partition coefficient (Wildman–Crippen LogP) is 5.60. The molecule has 262 valence electrons. The summed E-state index contributed by atoms with van der Waals surface area (Å²) >= 11 is 14.2. The van der Waals surface area contributed by atoms with Gasteiger partial charge < -0.3 is 20.5 Å². The Labute approximate surface area is 304 Å². The fraction of sp³-hybridized carbons (Fsp3) is 0.289. The Morgan fingerprint density at radius 3 is 2.39 bits per heavy atom. The molecule has 5 aromatic rings. The highest BCUT2D eigenvalue weighted by molar-refractivity contribution is 6.39. The number of hydrogen-bond acceptors (Lipinski definition) is 8. The van der Waals surface area contributed by atoms with Gasteiger partial charge in [0.1, 0.15) is 5.65 Å². The van der Waals surface area contributed by atoms with Gasteiger partial charge in [0.15, 0.2) is 0 Å². The van der Waals surface area contributed by atoms with Crippen LogP contribution in [0.15, 0.2) is 71.7 Å². The number of rotatable bonds is 11. The number of carbonyl (C=O) groups excluding carboxylic acids is 1. The molecule has 2 fully saturated rings.